The number of nitrogens with one attached hydrogen (secondary N) is 3. The maximum Gasteiger partial charge on any atom is 0.240 e. The van der Waals surface area contributed by atoms with E-state index in [0.29, 0.717) is 39.2 Å². The molecule has 204 valence electrons. The standard InChI is InChI=1S/C29H27ClN6O2S2/c1-18-33-28(27(39-18)24-14-16-32-29(35-24)34-19-7-6-15-31-17-19)38-25-13-12-23(20-8-2-3-9-21(20)25)36-40(37)26-11-5-4-10-22(26)30/h2-5,8-14,16,19,31,36H,6-7,15,17H2,1H3,(H,32,34,35). The molecule has 1 aliphatic rings. The number of hydrogen-bond donors (Lipinski definition) is 3. The molecule has 1 saturated heterocycles. The first-order valence-corrected chi connectivity index (χ1v) is 15.3. The lowest BCUT2D eigenvalue weighted by atomic mass is 10.1. The normalized spacial score (nSPS) is 16.0. The number of anilines is 2. The van der Waals surface area contributed by atoms with Gasteiger partial charge in [0.1, 0.15) is 22.0 Å². The van der Waals surface area contributed by atoms with Gasteiger partial charge in [0.25, 0.3) is 0 Å². The van der Waals surface area contributed by atoms with E-state index >= 15 is 0 Å². The van der Waals surface area contributed by atoms with E-state index < -0.39 is 11.4 Å². The molecule has 0 spiro atoms. The van der Waals surface area contributed by atoms with E-state index in [9.17, 15) is 4.55 Å². The first kappa shape index (κ1) is 26.8. The van der Waals surface area contributed by atoms with Crippen LogP contribution in [0.3, 0.4) is 0 Å². The van der Waals surface area contributed by atoms with Crippen molar-refractivity contribution in [3.8, 4) is 22.2 Å². The van der Waals surface area contributed by atoms with Crippen LogP contribution in [0.2, 0.25) is 5.02 Å². The molecule has 1 aliphatic heterocycles. The van der Waals surface area contributed by atoms with E-state index in [1.54, 1.807) is 18.3 Å². The average Bonchev–Trinajstić information content (AvgIpc) is 3.35. The molecule has 0 radical (unpaired) electrons. The van der Waals surface area contributed by atoms with Gasteiger partial charge in [0, 0.05) is 29.6 Å². The van der Waals surface area contributed by atoms with E-state index in [2.05, 4.69) is 25.3 Å². The zero-order valence-corrected chi connectivity index (χ0v) is 24.1. The summed E-state index contributed by atoms with van der Waals surface area (Å²) < 4.78 is 22.6. The highest BCUT2D eigenvalue weighted by Crippen LogP contribution is 2.40. The Morgan fingerprint density at radius 1 is 1.05 bits per heavy atom. The maximum atomic E-state index is 13.1. The Morgan fingerprint density at radius 2 is 1.88 bits per heavy atom. The number of aromatic nitrogens is 3. The Balaban J connectivity index is 1.28. The van der Waals surface area contributed by atoms with Crippen LogP contribution in [0.5, 0.6) is 11.6 Å². The van der Waals surface area contributed by atoms with E-state index in [1.165, 1.54) is 11.3 Å². The lowest BCUT2D eigenvalue weighted by Crippen LogP contribution is -2.38. The first-order valence-electron chi connectivity index (χ1n) is 13.0. The Bertz CT molecular complexity index is 1640. The number of ether oxygens (including phenoxy) is 1. The fourth-order valence-corrected chi connectivity index (χ4v) is 6.75. The SMILES string of the molecule is Cc1nc(Oc2ccc(N[S+]([O-])c3ccccc3Cl)c3ccccc23)c(-c2ccnc(NC3CCCNC3)n2)s1. The van der Waals surface area contributed by atoms with Gasteiger partial charge < -0.3 is 19.9 Å². The van der Waals surface area contributed by atoms with Crippen molar-refractivity contribution < 1.29 is 9.29 Å². The highest BCUT2D eigenvalue weighted by molar-refractivity contribution is 7.92. The molecule has 0 amide bonds. The summed E-state index contributed by atoms with van der Waals surface area (Å²) >= 11 is 6.26. The number of halogens is 1. The predicted octanol–water partition coefficient (Wildman–Crippen LogP) is 6.81. The zero-order valence-electron chi connectivity index (χ0n) is 21.7. The molecule has 2 atom stereocenters. The molecular formula is C29H27ClN6O2S2. The van der Waals surface area contributed by atoms with Gasteiger partial charge in [-0.25, -0.2) is 19.7 Å². The molecule has 3 aromatic carbocycles. The number of rotatable bonds is 8. The summed E-state index contributed by atoms with van der Waals surface area (Å²) in [5, 5.41) is 9.89. The Morgan fingerprint density at radius 3 is 2.70 bits per heavy atom. The highest BCUT2D eigenvalue weighted by Gasteiger charge is 2.21. The summed E-state index contributed by atoms with van der Waals surface area (Å²) in [4.78, 5) is 15.3. The monoisotopic (exact) mass is 590 g/mol. The zero-order chi connectivity index (χ0) is 27.5. The second kappa shape index (κ2) is 12.0. The van der Waals surface area contributed by atoms with Gasteiger partial charge in [-0.1, -0.05) is 48.0 Å². The minimum absolute atomic E-state index is 0.300. The van der Waals surface area contributed by atoms with Crippen LogP contribution in [-0.4, -0.2) is 38.6 Å². The number of benzene rings is 3. The smallest absolute Gasteiger partial charge is 0.240 e. The van der Waals surface area contributed by atoms with Crippen LogP contribution in [-0.2, 0) is 11.4 Å². The summed E-state index contributed by atoms with van der Waals surface area (Å²) in [6.07, 6.45) is 3.97. The van der Waals surface area contributed by atoms with Gasteiger partial charge in [0.2, 0.25) is 11.8 Å². The molecule has 0 saturated carbocycles. The third kappa shape index (κ3) is 5.86. The van der Waals surface area contributed by atoms with Crippen LogP contribution in [0.25, 0.3) is 21.3 Å². The topological polar surface area (TPSA) is 107 Å². The fourth-order valence-electron chi connectivity index (χ4n) is 4.65. The van der Waals surface area contributed by atoms with E-state index in [0.717, 1.165) is 52.3 Å². The molecule has 0 aliphatic carbocycles. The van der Waals surface area contributed by atoms with Crippen molar-refractivity contribution in [2.24, 2.45) is 0 Å². The van der Waals surface area contributed by atoms with Gasteiger partial charge in [-0.15, -0.1) is 11.3 Å². The molecule has 2 unspecified atom stereocenters. The van der Waals surface area contributed by atoms with Crippen molar-refractivity contribution in [2.45, 2.75) is 30.7 Å². The molecule has 1 fully saturated rings. The van der Waals surface area contributed by atoms with Crippen LogP contribution in [0.4, 0.5) is 11.6 Å². The molecule has 6 rings (SSSR count). The third-order valence-electron chi connectivity index (χ3n) is 6.55. The molecule has 2 aromatic heterocycles. The Labute approximate surface area is 244 Å². The van der Waals surface area contributed by atoms with Crippen molar-refractivity contribution in [3.05, 3.63) is 83.0 Å². The lowest BCUT2D eigenvalue weighted by molar-refractivity contribution is 0.472. The minimum Gasteiger partial charge on any atom is -0.588 e. The first-order chi connectivity index (χ1) is 19.5. The molecular weight excluding hydrogens is 564 g/mol. The van der Waals surface area contributed by atoms with Crippen LogP contribution >= 0.6 is 22.9 Å². The van der Waals surface area contributed by atoms with Crippen molar-refractivity contribution in [2.75, 3.05) is 23.1 Å². The quantitative estimate of drug-likeness (QED) is 0.169. The molecule has 3 N–H and O–H groups in total. The van der Waals surface area contributed by atoms with E-state index in [4.69, 9.17) is 21.3 Å². The molecule has 3 heterocycles. The largest absolute Gasteiger partial charge is 0.588 e. The predicted molar refractivity (Wildman–Crippen MR) is 163 cm³/mol. The number of piperidine rings is 1. The number of hydrogen-bond acceptors (Lipinski definition) is 9. The van der Waals surface area contributed by atoms with Gasteiger partial charge >= 0.3 is 0 Å². The number of aryl methyl sites for hydroxylation is 1. The summed E-state index contributed by atoms with van der Waals surface area (Å²) in [6, 6.07) is 20.8. The summed E-state index contributed by atoms with van der Waals surface area (Å²) in [6.45, 7) is 3.89. The van der Waals surface area contributed by atoms with Gasteiger partial charge in [0.05, 0.1) is 21.4 Å². The van der Waals surface area contributed by atoms with Gasteiger partial charge in [0.15, 0.2) is 4.90 Å². The summed E-state index contributed by atoms with van der Waals surface area (Å²) in [7, 11) is 0. The van der Waals surface area contributed by atoms with Gasteiger partial charge in [-0.05, 0) is 56.6 Å². The average molecular weight is 591 g/mol. The molecule has 40 heavy (non-hydrogen) atoms. The lowest BCUT2D eigenvalue weighted by Gasteiger charge is -2.23. The van der Waals surface area contributed by atoms with Crippen molar-refractivity contribution in [1.29, 1.82) is 0 Å². The van der Waals surface area contributed by atoms with Gasteiger partial charge in [-0.3, -0.25) is 0 Å². The van der Waals surface area contributed by atoms with Crippen LogP contribution in [0.15, 0.2) is 77.8 Å². The molecule has 11 heteroatoms. The molecule has 5 aromatic rings. The minimum atomic E-state index is -1.53. The van der Waals surface area contributed by atoms with Gasteiger partial charge in [-0.2, -0.15) is 0 Å². The fraction of sp³-hybridized carbons (Fsp3) is 0.207. The second-order valence-electron chi connectivity index (χ2n) is 9.38. The van der Waals surface area contributed by atoms with Crippen molar-refractivity contribution in [3.63, 3.8) is 0 Å². The van der Waals surface area contributed by atoms with E-state index in [1.807, 2.05) is 61.5 Å². The highest BCUT2D eigenvalue weighted by atomic mass is 35.5. The maximum absolute atomic E-state index is 13.1. The summed E-state index contributed by atoms with van der Waals surface area (Å²) in [5.74, 6) is 1.71. The van der Waals surface area contributed by atoms with Crippen molar-refractivity contribution in [1.82, 2.24) is 20.3 Å². The number of thiazole rings is 1. The number of nitrogens with zero attached hydrogens (tertiary/aromatic N) is 3. The molecule has 0 bridgehead atoms. The van der Waals surface area contributed by atoms with Crippen LogP contribution in [0.1, 0.15) is 17.8 Å². The molecule has 8 nitrogen and oxygen atoms in total. The number of fused-ring (bicyclic) bond motifs is 1. The van der Waals surface area contributed by atoms with E-state index in [-0.39, 0.29) is 0 Å². The van der Waals surface area contributed by atoms with Crippen molar-refractivity contribution >= 4 is 56.7 Å². The summed E-state index contributed by atoms with van der Waals surface area (Å²) in [5.41, 5.74) is 1.46. The van der Waals surface area contributed by atoms with Crippen LogP contribution in [0, 0.1) is 6.92 Å². The van der Waals surface area contributed by atoms with Crippen LogP contribution < -0.4 is 20.1 Å². The Hall–Kier alpha value is -3.41. The second-order valence-corrected chi connectivity index (χ2v) is 12.2. The third-order valence-corrected chi connectivity index (χ3v) is 9.13. The Kier molecular flexibility index (Phi) is 8.03.